The number of rotatable bonds is 5. The molecule has 0 heterocycles. The molecule has 0 aliphatic carbocycles. The third-order valence-corrected chi connectivity index (χ3v) is 2.17. The quantitative estimate of drug-likeness (QED) is 0.875. The fraction of sp³-hybridized carbons (Fsp3) is 0.500. The van der Waals surface area contributed by atoms with Crippen molar-refractivity contribution in [3.8, 4) is 5.75 Å². The van der Waals surface area contributed by atoms with Crippen molar-refractivity contribution in [3.05, 3.63) is 24.3 Å². The number of anilines is 1. The highest BCUT2D eigenvalue weighted by molar-refractivity contribution is 5.90. The van der Waals surface area contributed by atoms with Gasteiger partial charge in [0.25, 0.3) is 0 Å². The molecule has 108 valence electrons. The van der Waals surface area contributed by atoms with Gasteiger partial charge in [0.15, 0.2) is 0 Å². The van der Waals surface area contributed by atoms with Gasteiger partial charge in [-0.15, -0.1) is 12.4 Å². The summed E-state index contributed by atoms with van der Waals surface area (Å²) in [5.74, 6) is 0.785. The molecule has 0 saturated heterocycles. The lowest BCUT2D eigenvalue weighted by Gasteiger charge is -2.21. The Labute approximate surface area is 121 Å². The minimum atomic E-state index is -0.216. The van der Waals surface area contributed by atoms with Crippen LogP contribution in [0.2, 0.25) is 0 Å². The van der Waals surface area contributed by atoms with E-state index in [1.165, 1.54) is 0 Å². The van der Waals surface area contributed by atoms with Crippen LogP contribution in [-0.2, 0) is 4.79 Å². The van der Waals surface area contributed by atoms with Gasteiger partial charge in [-0.3, -0.25) is 4.79 Å². The van der Waals surface area contributed by atoms with Crippen LogP contribution in [0.25, 0.3) is 0 Å². The molecule has 0 aliphatic rings. The van der Waals surface area contributed by atoms with Crippen LogP contribution in [0.1, 0.15) is 33.6 Å². The summed E-state index contributed by atoms with van der Waals surface area (Å²) in [7, 11) is 0. The Balaban J connectivity index is 0.00000324. The third kappa shape index (κ3) is 7.70. The Kier molecular flexibility index (Phi) is 7.49. The van der Waals surface area contributed by atoms with E-state index in [4.69, 9.17) is 10.5 Å². The van der Waals surface area contributed by atoms with Gasteiger partial charge >= 0.3 is 0 Å². The number of hydrogen-bond donors (Lipinski definition) is 2. The largest absolute Gasteiger partial charge is 0.488 e. The zero-order chi connectivity index (χ0) is 13.6. The van der Waals surface area contributed by atoms with Crippen molar-refractivity contribution < 1.29 is 9.53 Å². The fourth-order valence-corrected chi connectivity index (χ4v) is 1.45. The molecule has 4 nitrogen and oxygen atoms in total. The lowest BCUT2D eigenvalue weighted by molar-refractivity contribution is -0.116. The molecule has 0 aromatic heterocycles. The Morgan fingerprint density at radius 3 is 2.32 bits per heavy atom. The smallest absolute Gasteiger partial charge is 0.224 e. The molecule has 0 spiro atoms. The summed E-state index contributed by atoms with van der Waals surface area (Å²) < 4.78 is 5.70. The second-order valence-electron chi connectivity index (χ2n) is 5.18. The predicted molar refractivity (Wildman–Crippen MR) is 81.0 cm³/mol. The van der Waals surface area contributed by atoms with Gasteiger partial charge in [0.2, 0.25) is 5.91 Å². The molecule has 19 heavy (non-hydrogen) atoms. The zero-order valence-corrected chi connectivity index (χ0v) is 12.5. The zero-order valence-electron chi connectivity index (χ0n) is 11.7. The van der Waals surface area contributed by atoms with Gasteiger partial charge in [0, 0.05) is 12.1 Å². The van der Waals surface area contributed by atoms with Crippen LogP contribution < -0.4 is 15.8 Å². The van der Waals surface area contributed by atoms with Crippen molar-refractivity contribution in [2.75, 3.05) is 11.9 Å². The van der Waals surface area contributed by atoms with E-state index in [2.05, 4.69) is 5.32 Å². The highest BCUT2D eigenvalue weighted by Crippen LogP contribution is 2.20. The number of benzene rings is 1. The topological polar surface area (TPSA) is 64.3 Å². The molecule has 0 aliphatic heterocycles. The first kappa shape index (κ1) is 17.7. The van der Waals surface area contributed by atoms with E-state index >= 15 is 0 Å². The minimum absolute atomic E-state index is 0. The average Bonchev–Trinajstić information content (AvgIpc) is 2.27. The molecule has 3 N–H and O–H groups in total. The van der Waals surface area contributed by atoms with Crippen molar-refractivity contribution in [1.29, 1.82) is 0 Å². The fourth-order valence-electron chi connectivity index (χ4n) is 1.45. The summed E-state index contributed by atoms with van der Waals surface area (Å²) in [5, 5.41) is 2.82. The molecule has 1 rings (SSSR count). The van der Waals surface area contributed by atoms with Crippen molar-refractivity contribution >= 4 is 24.0 Å². The van der Waals surface area contributed by atoms with E-state index in [1.807, 2.05) is 45.0 Å². The normalized spacial score (nSPS) is 10.5. The van der Waals surface area contributed by atoms with Crippen molar-refractivity contribution in [1.82, 2.24) is 0 Å². The molecule has 1 aromatic carbocycles. The van der Waals surface area contributed by atoms with Crippen LogP contribution in [0.5, 0.6) is 5.75 Å². The molecule has 0 bridgehead atoms. The Morgan fingerprint density at radius 2 is 1.84 bits per heavy atom. The Bertz CT molecular complexity index is 385. The van der Waals surface area contributed by atoms with E-state index in [1.54, 1.807) is 0 Å². The van der Waals surface area contributed by atoms with Crippen molar-refractivity contribution in [3.63, 3.8) is 0 Å². The minimum Gasteiger partial charge on any atom is -0.488 e. The standard InChI is InChI=1S/C14H22N2O2.ClH/c1-14(2,3)18-12-8-6-11(7-9-12)16-13(17)5-4-10-15;/h6-9H,4-5,10,15H2,1-3H3,(H,16,17);1H. The summed E-state index contributed by atoms with van der Waals surface area (Å²) in [6.07, 6.45) is 1.16. The molecule has 0 fully saturated rings. The molecule has 0 atom stereocenters. The molecule has 0 radical (unpaired) electrons. The maximum atomic E-state index is 11.5. The van der Waals surface area contributed by atoms with Gasteiger partial charge in [0.05, 0.1) is 0 Å². The third-order valence-electron chi connectivity index (χ3n) is 2.17. The molecular weight excluding hydrogens is 264 g/mol. The average molecular weight is 287 g/mol. The van der Waals surface area contributed by atoms with Crippen LogP contribution in [0.3, 0.4) is 0 Å². The number of nitrogens with one attached hydrogen (secondary N) is 1. The van der Waals surface area contributed by atoms with Crippen LogP contribution >= 0.6 is 12.4 Å². The molecule has 5 heteroatoms. The van der Waals surface area contributed by atoms with Gasteiger partial charge in [0.1, 0.15) is 11.4 Å². The number of ether oxygens (including phenoxy) is 1. The monoisotopic (exact) mass is 286 g/mol. The van der Waals surface area contributed by atoms with Crippen LogP contribution in [0, 0.1) is 0 Å². The number of hydrogen-bond acceptors (Lipinski definition) is 3. The number of halogens is 1. The molecular formula is C14H23ClN2O2. The highest BCUT2D eigenvalue weighted by atomic mass is 35.5. The summed E-state index contributed by atoms with van der Waals surface area (Å²) in [5.41, 5.74) is 5.91. The summed E-state index contributed by atoms with van der Waals surface area (Å²) in [6.45, 7) is 6.52. The lowest BCUT2D eigenvalue weighted by atomic mass is 10.2. The molecule has 0 unspecified atom stereocenters. The maximum Gasteiger partial charge on any atom is 0.224 e. The SMILES string of the molecule is CC(C)(C)Oc1ccc(NC(=O)CCCN)cc1.Cl. The van der Waals surface area contributed by atoms with E-state index < -0.39 is 0 Å². The summed E-state index contributed by atoms with van der Waals surface area (Å²) in [4.78, 5) is 11.5. The van der Waals surface area contributed by atoms with Gasteiger partial charge in [-0.2, -0.15) is 0 Å². The van der Waals surface area contributed by atoms with Crippen LogP contribution in [0.15, 0.2) is 24.3 Å². The second kappa shape index (κ2) is 8.02. The van der Waals surface area contributed by atoms with E-state index in [9.17, 15) is 4.79 Å². The number of amides is 1. The predicted octanol–water partition coefficient (Wildman–Crippen LogP) is 2.96. The van der Waals surface area contributed by atoms with Crippen LogP contribution in [0.4, 0.5) is 5.69 Å². The summed E-state index contributed by atoms with van der Waals surface area (Å²) >= 11 is 0. The van der Waals surface area contributed by atoms with E-state index in [0.717, 1.165) is 11.4 Å². The van der Waals surface area contributed by atoms with E-state index in [-0.39, 0.29) is 23.9 Å². The Morgan fingerprint density at radius 1 is 1.26 bits per heavy atom. The maximum absolute atomic E-state index is 11.5. The van der Waals surface area contributed by atoms with Gasteiger partial charge < -0.3 is 15.8 Å². The van der Waals surface area contributed by atoms with Crippen molar-refractivity contribution in [2.45, 2.75) is 39.2 Å². The number of nitrogens with two attached hydrogens (primary N) is 1. The lowest BCUT2D eigenvalue weighted by Crippen LogP contribution is -2.22. The van der Waals surface area contributed by atoms with Crippen LogP contribution in [-0.4, -0.2) is 18.1 Å². The first-order valence-corrected chi connectivity index (χ1v) is 6.20. The summed E-state index contributed by atoms with van der Waals surface area (Å²) in [6, 6.07) is 7.37. The Hall–Kier alpha value is -1.26. The van der Waals surface area contributed by atoms with Crippen molar-refractivity contribution in [2.24, 2.45) is 5.73 Å². The second-order valence-corrected chi connectivity index (χ2v) is 5.18. The first-order valence-electron chi connectivity index (χ1n) is 6.20. The van der Waals surface area contributed by atoms with Gasteiger partial charge in [-0.05, 0) is 58.0 Å². The number of carbonyl (C=O) groups is 1. The highest BCUT2D eigenvalue weighted by Gasteiger charge is 2.11. The molecule has 1 aromatic rings. The number of carbonyl (C=O) groups excluding carboxylic acids is 1. The molecule has 0 saturated carbocycles. The van der Waals surface area contributed by atoms with E-state index in [0.29, 0.717) is 19.4 Å². The molecule has 1 amide bonds. The first-order chi connectivity index (χ1) is 8.40. The van der Waals surface area contributed by atoms with Gasteiger partial charge in [-0.1, -0.05) is 0 Å². The van der Waals surface area contributed by atoms with Gasteiger partial charge in [-0.25, -0.2) is 0 Å².